The number of carbonyl (C=O) groups is 3. The summed E-state index contributed by atoms with van der Waals surface area (Å²) in [5.74, 6) is -1.99. The number of hydrogen-bond acceptors (Lipinski definition) is 14. The smallest absolute Gasteiger partial charge is 0.303 e. The highest BCUT2D eigenvalue weighted by Crippen LogP contribution is 2.30. The van der Waals surface area contributed by atoms with Crippen LogP contribution in [0.15, 0.2) is 0 Å². The van der Waals surface area contributed by atoms with E-state index in [1.165, 1.54) is 26.2 Å². The van der Waals surface area contributed by atoms with E-state index in [0.717, 1.165) is 64.7 Å². The summed E-state index contributed by atoms with van der Waals surface area (Å²) in [5.41, 5.74) is 0. The molecule has 2 aliphatic heterocycles. The summed E-state index contributed by atoms with van der Waals surface area (Å²) in [4.78, 5) is 33.1. The van der Waals surface area contributed by atoms with Gasteiger partial charge in [-0.1, -0.05) is 70.6 Å². The van der Waals surface area contributed by atoms with E-state index in [9.17, 15) is 39.9 Å². The predicted octanol–water partition coefficient (Wildman–Crippen LogP) is 1.31. The molecule has 6 N–H and O–H groups in total. The summed E-state index contributed by atoms with van der Waals surface area (Å²) in [7, 11) is 0. The molecule has 274 valence electrons. The van der Waals surface area contributed by atoms with Gasteiger partial charge in [0.25, 0.3) is 0 Å². The Bertz CT molecular complexity index is 904. The quantitative estimate of drug-likeness (QED) is 0.0661. The fourth-order valence-corrected chi connectivity index (χ4v) is 5.56. The lowest BCUT2D eigenvalue weighted by Crippen LogP contribution is -2.64. The number of aliphatic hydroxyl groups is 5. The van der Waals surface area contributed by atoms with Gasteiger partial charge in [-0.3, -0.25) is 14.4 Å². The van der Waals surface area contributed by atoms with Gasteiger partial charge in [0.2, 0.25) is 0 Å². The van der Waals surface area contributed by atoms with Gasteiger partial charge in [0, 0.05) is 26.9 Å². The highest BCUT2D eigenvalue weighted by atomic mass is 16.8. The van der Waals surface area contributed by atoms with Crippen molar-refractivity contribution < 1.29 is 73.4 Å². The number of ether oxygens (including phenoxy) is 6. The van der Waals surface area contributed by atoms with Crippen LogP contribution in [0.3, 0.4) is 0 Å². The zero-order chi connectivity index (χ0) is 34.8. The van der Waals surface area contributed by atoms with Crippen molar-refractivity contribution in [3.63, 3.8) is 0 Å². The van der Waals surface area contributed by atoms with Crippen molar-refractivity contribution in [2.45, 2.75) is 165 Å². The van der Waals surface area contributed by atoms with Crippen LogP contribution < -0.4 is 0 Å². The van der Waals surface area contributed by atoms with Crippen molar-refractivity contribution in [1.29, 1.82) is 0 Å². The van der Waals surface area contributed by atoms with Gasteiger partial charge in [0.1, 0.15) is 62.0 Å². The molecular formula is C32H56O15. The molecule has 0 amide bonds. The van der Waals surface area contributed by atoms with Crippen molar-refractivity contribution in [2.75, 3.05) is 19.8 Å². The number of rotatable bonds is 23. The fourth-order valence-electron chi connectivity index (χ4n) is 5.56. The minimum absolute atomic E-state index is 0.213. The lowest BCUT2D eigenvalue weighted by Gasteiger charge is -2.46. The number of aliphatic hydroxyl groups excluding tert-OH is 5. The number of carboxylic acids is 1. The number of esters is 2. The van der Waals surface area contributed by atoms with E-state index in [1.54, 1.807) is 0 Å². The van der Waals surface area contributed by atoms with Crippen molar-refractivity contribution in [1.82, 2.24) is 0 Å². The van der Waals surface area contributed by atoms with Crippen molar-refractivity contribution in [3.8, 4) is 0 Å². The van der Waals surface area contributed by atoms with E-state index in [1.807, 2.05) is 0 Å². The van der Waals surface area contributed by atoms with Gasteiger partial charge in [-0.15, -0.1) is 0 Å². The molecule has 2 saturated heterocycles. The molecule has 0 aromatic heterocycles. The lowest BCUT2D eigenvalue weighted by molar-refractivity contribution is -0.367. The monoisotopic (exact) mass is 680 g/mol. The van der Waals surface area contributed by atoms with Crippen molar-refractivity contribution in [2.24, 2.45) is 0 Å². The number of aliphatic carboxylic acids is 1. The Hall–Kier alpha value is -1.95. The molecule has 0 bridgehead atoms. The molecule has 0 spiro atoms. The first-order chi connectivity index (χ1) is 22.4. The maximum atomic E-state index is 11.3. The Morgan fingerprint density at radius 2 is 0.979 bits per heavy atom. The van der Waals surface area contributed by atoms with Crippen LogP contribution in [0.1, 0.15) is 104 Å². The van der Waals surface area contributed by atoms with Gasteiger partial charge < -0.3 is 59.1 Å². The second-order valence-electron chi connectivity index (χ2n) is 12.4. The van der Waals surface area contributed by atoms with Gasteiger partial charge in [-0.05, 0) is 12.8 Å². The van der Waals surface area contributed by atoms with Crippen LogP contribution in [-0.2, 0) is 42.8 Å². The first-order valence-corrected chi connectivity index (χ1v) is 16.9. The van der Waals surface area contributed by atoms with Gasteiger partial charge in [-0.2, -0.15) is 0 Å². The standard InChI is InChI=1S/C32H56O15/c1-20(33)43-18-22-25(37)27(39)29(41)31(45-22)47-30-28(40)26(38)23(19-44-21(2)34)46-32(30)42-17-15-13-11-9-7-5-3-4-6-8-10-12-14-16-24(35)36/h22-23,25-32,37-41H,3-19H2,1-2H3,(H,35,36)/t22-,23-,25-,26-,27+,28+,29-,30-,31+,32-/m1/s1. The average molecular weight is 681 g/mol. The molecule has 47 heavy (non-hydrogen) atoms. The Labute approximate surface area is 276 Å². The van der Waals surface area contributed by atoms with E-state index < -0.39 is 85.9 Å². The zero-order valence-electron chi connectivity index (χ0n) is 27.7. The zero-order valence-corrected chi connectivity index (χ0v) is 27.7. The van der Waals surface area contributed by atoms with Crippen LogP contribution in [0.4, 0.5) is 0 Å². The third-order valence-electron chi connectivity index (χ3n) is 8.32. The van der Waals surface area contributed by atoms with Crippen LogP contribution in [0.5, 0.6) is 0 Å². The van der Waals surface area contributed by atoms with E-state index in [0.29, 0.717) is 6.42 Å². The van der Waals surface area contributed by atoms with Gasteiger partial charge in [0.15, 0.2) is 12.6 Å². The Morgan fingerprint density at radius 3 is 1.45 bits per heavy atom. The average Bonchev–Trinajstić information content (AvgIpc) is 3.02. The molecule has 2 fully saturated rings. The number of unbranched alkanes of at least 4 members (excludes halogenated alkanes) is 12. The molecule has 0 saturated carbocycles. The third kappa shape index (κ3) is 15.4. The topological polar surface area (TPSA) is 228 Å². The van der Waals surface area contributed by atoms with E-state index >= 15 is 0 Å². The molecular weight excluding hydrogens is 624 g/mol. The Morgan fingerprint density at radius 1 is 0.553 bits per heavy atom. The summed E-state index contributed by atoms with van der Waals surface area (Å²) in [5, 5.41) is 61.4. The molecule has 0 aliphatic carbocycles. The SMILES string of the molecule is CC(=O)OC[C@H]1O[C@@H](O[C@H]2[C@H](OCCCCCCCCCCCCCCCC(=O)O)O[C@H](COC(C)=O)[C@@H](O)[C@@H]2O)[C@H](O)[C@@H](O)[C@@H]1O. The van der Waals surface area contributed by atoms with E-state index in [4.69, 9.17) is 33.5 Å². The van der Waals surface area contributed by atoms with E-state index in [-0.39, 0.29) is 19.6 Å². The minimum Gasteiger partial charge on any atom is -0.481 e. The highest BCUT2D eigenvalue weighted by Gasteiger charge is 2.51. The van der Waals surface area contributed by atoms with Gasteiger partial charge >= 0.3 is 17.9 Å². The largest absolute Gasteiger partial charge is 0.481 e. The summed E-state index contributed by atoms with van der Waals surface area (Å²) in [6.07, 6.45) is -1.37. The molecule has 0 unspecified atom stereocenters. The molecule has 2 aliphatic rings. The first kappa shape index (κ1) is 41.2. The molecule has 0 radical (unpaired) electrons. The van der Waals surface area contributed by atoms with Crippen LogP contribution in [-0.4, -0.2) is 130 Å². The number of carbonyl (C=O) groups excluding carboxylic acids is 2. The van der Waals surface area contributed by atoms with Crippen LogP contribution >= 0.6 is 0 Å². The second-order valence-corrected chi connectivity index (χ2v) is 12.4. The first-order valence-electron chi connectivity index (χ1n) is 16.9. The Balaban J connectivity index is 1.79. The van der Waals surface area contributed by atoms with Crippen LogP contribution in [0, 0.1) is 0 Å². The molecule has 2 rings (SSSR count). The third-order valence-corrected chi connectivity index (χ3v) is 8.32. The second kappa shape index (κ2) is 22.6. The maximum absolute atomic E-state index is 11.3. The fraction of sp³-hybridized carbons (Fsp3) is 0.906. The molecule has 15 nitrogen and oxygen atoms in total. The lowest BCUT2D eigenvalue weighted by atomic mass is 9.97. The van der Waals surface area contributed by atoms with Crippen molar-refractivity contribution >= 4 is 17.9 Å². The highest BCUT2D eigenvalue weighted by molar-refractivity contribution is 5.66. The van der Waals surface area contributed by atoms with Crippen molar-refractivity contribution in [3.05, 3.63) is 0 Å². The van der Waals surface area contributed by atoms with E-state index in [2.05, 4.69) is 0 Å². The van der Waals surface area contributed by atoms with Gasteiger partial charge in [-0.25, -0.2) is 0 Å². The maximum Gasteiger partial charge on any atom is 0.303 e. The molecule has 2 heterocycles. The summed E-state index contributed by atoms with van der Waals surface area (Å²) in [6.45, 7) is 1.76. The van der Waals surface area contributed by atoms with Gasteiger partial charge in [0.05, 0.1) is 0 Å². The minimum atomic E-state index is -1.77. The molecule has 15 heteroatoms. The normalized spacial score (nSPS) is 31.0. The summed E-state index contributed by atoms with van der Waals surface area (Å²) < 4.78 is 32.9. The molecule has 10 atom stereocenters. The Kier molecular flexibility index (Phi) is 19.9. The van der Waals surface area contributed by atoms with Crippen LogP contribution in [0.25, 0.3) is 0 Å². The summed E-state index contributed by atoms with van der Waals surface area (Å²) >= 11 is 0. The number of hydrogen-bond donors (Lipinski definition) is 6. The molecule has 0 aromatic rings. The molecule has 0 aromatic carbocycles. The predicted molar refractivity (Wildman–Crippen MR) is 164 cm³/mol. The van der Waals surface area contributed by atoms with Crippen LogP contribution in [0.2, 0.25) is 0 Å². The number of carboxylic acid groups (broad SMARTS) is 1. The summed E-state index contributed by atoms with van der Waals surface area (Å²) in [6, 6.07) is 0.